The molecule has 80 valence electrons. The Kier molecular flexibility index (Phi) is 7.57. The molecule has 0 aliphatic rings. The maximum atomic E-state index is 5.29. The summed E-state index contributed by atoms with van der Waals surface area (Å²) in [6, 6.07) is 0.734. The van der Waals surface area contributed by atoms with Crippen molar-refractivity contribution in [3.05, 3.63) is 0 Å². The van der Waals surface area contributed by atoms with Crippen molar-refractivity contribution < 1.29 is 13.3 Å². The van der Waals surface area contributed by atoms with E-state index in [9.17, 15) is 0 Å². The Morgan fingerprint density at radius 1 is 1.23 bits per heavy atom. The van der Waals surface area contributed by atoms with E-state index in [0.29, 0.717) is 0 Å². The van der Waals surface area contributed by atoms with Crippen LogP contribution < -0.4 is 0 Å². The lowest BCUT2D eigenvalue weighted by Gasteiger charge is -2.26. The van der Waals surface area contributed by atoms with E-state index < -0.39 is 8.80 Å². The Morgan fingerprint density at radius 3 is 2.00 bits per heavy atom. The Morgan fingerprint density at radius 2 is 1.69 bits per heavy atom. The number of thioether (sulfide) groups is 1. The molecule has 1 unspecified atom stereocenters. The van der Waals surface area contributed by atoms with Gasteiger partial charge in [-0.3, -0.25) is 0 Å². The zero-order chi connectivity index (χ0) is 10.3. The molecule has 6 heteroatoms. The molecule has 0 saturated heterocycles. The maximum absolute atomic E-state index is 5.29. The van der Waals surface area contributed by atoms with Crippen molar-refractivity contribution in [2.45, 2.75) is 17.5 Å². The minimum Gasteiger partial charge on any atom is -0.377 e. The summed E-state index contributed by atoms with van der Waals surface area (Å²) in [5.74, 6) is 1.04. The van der Waals surface area contributed by atoms with E-state index in [0.717, 1.165) is 11.8 Å². The van der Waals surface area contributed by atoms with Crippen molar-refractivity contribution in [3.63, 3.8) is 0 Å². The van der Waals surface area contributed by atoms with Crippen molar-refractivity contribution >= 4 is 33.2 Å². The summed E-state index contributed by atoms with van der Waals surface area (Å²) in [6.07, 6.45) is 0. The zero-order valence-corrected chi connectivity index (χ0v) is 11.3. The highest BCUT2D eigenvalue weighted by molar-refractivity contribution is 8.10. The Balaban J connectivity index is 4.07. The van der Waals surface area contributed by atoms with Crippen molar-refractivity contribution in [2.75, 3.05) is 27.1 Å². The molecule has 13 heavy (non-hydrogen) atoms. The minimum absolute atomic E-state index is 0.219. The van der Waals surface area contributed by atoms with Crippen LogP contribution in [0.1, 0.15) is 6.92 Å². The molecule has 0 N–H and O–H groups in total. The first-order chi connectivity index (χ1) is 6.14. The van der Waals surface area contributed by atoms with Gasteiger partial charge >= 0.3 is 8.80 Å². The molecular formula is C7H18O3S2Si. The predicted molar refractivity (Wildman–Crippen MR) is 62.5 cm³/mol. The van der Waals surface area contributed by atoms with E-state index in [-0.39, 0.29) is 4.58 Å². The van der Waals surface area contributed by atoms with Gasteiger partial charge in [0.2, 0.25) is 0 Å². The summed E-state index contributed by atoms with van der Waals surface area (Å²) in [6.45, 7) is 2.10. The van der Waals surface area contributed by atoms with Gasteiger partial charge in [-0.1, -0.05) is 6.92 Å². The summed E-state index contributed by atoms with van der Waals surface area (Å²) in [5.41, 5.74) is 0. The quantitative estimate of drug-likeness (QED) is 0.419. The van der Waals surface area contributed by atoms with E-state index in [2.05, 4.69) is 19.6 Å². The lowest BCUT2D eigenvalue weighted by atomic mass is 10.9. The number of thiol groups is 1. The van der Waals surface area contributed by atoms with Gasteiger partial charge in [0.05, 0.1) is 4.58 Å². The zero-order valence-electron chi connectivity index (χ0n) is 8.57. The third-order valence-electron chi connectivity index (χ3n) is 1.72. The van der Waals surface area contributed by atoms with E-state index in [1.807, 2.05) is 0 Å². The van der Waals surface area contributed by atoms with Crippen molar-refractivity contribution in [1.29, 1.82) is 0 Å². The Hall–Kier alpha value is 0.797. The van der Waals surface area contributed by atoms with Gasteiger partial charge in [0.25, 0.3) is 0 Å². The molecule has 0 aromatic rings. The summed E-state index contributed by atoms with van der Waals surface area (Å²) in [4.78, 5) is 0. The molecule has 0 aliphatic heterocycles. The highest BCUT2D eigenvalue weighted by atomic mass is 32.2. The topological polar surface area (TPSA) is 27.7 Å². The van der Waals surface area contributed by atoms with Crippen LogP contribution in [0.3, 0.4) is 0 Å². The Labute approximate surface area is 91.3 Å². The van der Waals surface area contributed by atoms with E-state index in [1.54, 1.807) is 33.1 Å². The van der Waals surface area contributed by atoms with Crippen LogP contribution in [0.5, 0.6) is 0 Å². The van der Waals surface area contributed by atoms with Crippen molar-refractivity contribution in [3.8, 4) is 0 Å². The van der Waals surface area contributed by atoms with Gasteiger partial charge in [-0.05, 0) is 5.75 Å². The lowest BCUT2D eigenvalue weighted by Crippen LogP contribution is -2.44. The van der Waals surface area contributed by atoms with E-state index in [1.165, 1.54) is 0 Å². The molecule has 0 aromatic carbocycles. The highest BCUT2D eigenvalue weighted by Gasteiger charge is 2.39. The summed E-state index contributed by atoms with van der Waals surface area (Å²) >= 11 is 6.19. The smallest absolute Gasteiger partial charge is 0.377 e. The second kappa shape index (κ2) is 7.14. The molecule has 0 spiro atoms. The lowest BCUT2D eigenvalue weighted by molar-refractivity contribution is 0.125. The second-order valence-corrected chi connectivity index (χ2v) is 7.86. The van der Waals surface area contributed by atoms with Gasteiger partial charge < -0.3 is 13.3 Å². The molecule has 0 amide bonds. The van der Waals surface area contributed by atoms with Crippen LogP contribution in [0, 0.1) is 0 Å². The monoisotopic (exact) mass is 242 g/mol. The van der Waals surface area contributed by atoms with Gasteiger partial charge in [-0.2, -0.15) is 12.6 Å². The van der Waals surface area contributed by atoms with Gasteiger partial charge in [0.15, 0.2) is 0 Å². The fraction of sp³-hybridized carbons (Fsp3) is 1.00. The molecule has 0 aliphatic carbocycles. The third-order valence-corrected chi connectivity index (χ3v) is 6.64. The molecule has 0 saturated carbocycles. The predicted octanol–water partition coefficient (Wildman–Crippen LogP) is 1.87. The molecule has 0 radical (unpaired) electrons. The van der Waals surface area contributed by atoms with Crippen LogP contribution in [0.25, 0.3) is 0 Å². The van der Waals surface area contributed by atoms with Crippen molar-refractivity contribution in [1.82, 2.24) is 0 Å². The first kappa shape index (κ1) is 13.8. The molecule has 0 aromatic heterocycles. The van der Waals surface area contributed by atoms with E-state index in [4.69, 9.17) is 13.3 Å². The van der Waals surface area contributed by atoms with Crippen LogP contribution in [0.15, 0.2) is 0 Å². The first-order valence-corrected chi connectivity index (χ1v) is 7.59. The van der Waals surface area contributed by atoms with Crippen LogP contribution in [-0.2, 0) is 13.3 Å². The normalized spacial score (nSPS) is 14.5. The van der Waals surface area contributed by atoms with Gasteiger partial charge in [-0.15, -0.1) is 11.8 Å². The van der Waals surface area contributed by atoms with Crippen LogP contribution in [0.4, 0.5) is 0 Å². The summed E-state index contributed by atoms with van der Waals surface area (Å²) in [7, 11) is 2.45. The van der Waals surface area contributed by atoms with Gasteiger partial charge in [-0.25, -0.2) is 0 Å². The molecule has 0 heterocycles. The van der Waals surface area contributed by atoms with Crippen molar-refractivity contribution in [2.24, 2.45) is 0 Å². The van der Waals surface area contributed by atoms with Crippen LogP contribution in [0.2, 0.25) is 6.04 Å². The molecule has 3 nitrogen and oxygen atoms in total. The fourth-order valence-electron chi connectivity index (χ4n) is 0.965. The molecular weight excluding hydrogens is 224 g/mol. The summed E-state index contributed by atoms with van der Waals surface area (Å²) < 4.78 is 16.1. The number of hydrogen-bond donors (Lipinski definition) is 1. The maximum Gasteiger partial charge on any atom is 0.502 e. The molecule has 0 fully saturated rings. The Bertz CT molecular complexity index is 125. The second-order valence-electron chi connectivity index (χ2n) is 2.41. The van der Waals surface area contributed by atoms with Crippen LogP contribution in [-0.4, -0.2) is 40.5 Å². The summed E-state index contributed by atoms with van der Waals surface area (Å²) in [5, 5.41) is 0. The average Bonchev–Trinajstić information content (AvgIpc) is 2.15. The minimum atomic E-state index is -2.41. The third kappa shape index (κ3) is 4.71. The van der Waals surface area contributed by atoms with Crippen LogP contribution >= 0.6 is 24.4 Å². The van der Waals surface area contributed by atoms with E-state index >= 15 is 0 Å². The molecule has 1 atom stereocenters. The highest BCUT2D eigenvalue weighted by Crippen LogP contribution is 2.26. The van der Waals surface area contributed by atoms with Gasteiger partial charge in [0, 0.05) is 27.4 Å². The largest absolute Gasteiger partial charge is 0.502 e. The first-order valence-electron chi connectivity index (χ1n) is 4.09. The van der Waals surface area contributed by atoms with Gasteiger partial charge in [0.1, 0.15) is 0 Å². The average molecular weight is 242 g/mol. The fourth-order valence-corrected chi connectivity index (χ4v) is 4.98. The standard InChI is InChI=1S/C7H18O3S2Si/c1-5-12-7(11)6-13(8-2,9-3)10-4/h7,11H,5-6H2,1-4H3. The number of hydrogen-bond acceptors (Lipinski definition) is 5. The SMILES string of the molecule is CCSC(S)C[Si](OC)(OC)OC. The molecule has 0 bridgehead atoms. The molecule has 0 rings (SSSR count). The number of rotatable bonds is 7.